The highest BCUT2D eigenvalue weighted by Gasteiger charge is 2.39. The molecule has 0 saturated carbocycles. The Balaban J connectivity index is 1.17. The Morgan fingerprint density at radius 2 is 1.53 bits per heavy atom. The van der Waals surface area contributed by atoms with Crippen molar-refractivity contribution in [2.24, 2.45) is 11.8 Å². The van der Waals surface area contributed by atoms with Gasteiger partial charge in [-0.05, 0) is 81.3 Å². The molecular formula is C43H46N2O6. The topological polar surface area (TPSA) is 94.4 Å². The number of allylic oxidation sites excluding steroid dienone is 6. The summed E-state index contributed by atoms with van der Waals surface area (Å²) < 4.78 is 18.6. The van der Waals surface area contributed by atoms with Gasteiger partial charge in [0.05, 0.1) is 6.61 Å². The number of ether oxygens (including phenoxy) is 3. The molecule has 0 aromatic heterocycles. The standard InChI is InChI=1S/C43H46N2O6/c1-7-28(5)44(34-17-21-36(22-18-34)49-25-38-26-50-38)32-13-9-30(10-14-32)39-41(46)40(42(39)47)31-11-15-33(16-12-31)45(29(6)8-2)35-19-23-37(24-20-35)51-43(48)27(3)4/h9-24,28-29,31,38,40H,3,7-8,25-26H2,1-2,4-6H3. The molecule has 0 spiro atoms. The summed E-state index contributed by atoms with van der Waals surface area (Å²) in [6, 6.07) is 23.5. The number of carbonyl (C=O) groups excluding carboxylic acids is 2. The van der Waals surface area contributed by atoms with Gasteiger partial charge in [-0.3, -0.25) is 4.79 Å². The van der Waals surface area contributed by atoms with Crippen LogP contribution in [0, 0.1) is 11.8 Å². The Morgan fingerprint density at radius 3 is 2.06 bits per heavy atom. The summed E-state index contributed by atoms with van der Waals surface area (Å²) in [6.07, 6.45) is 9.91. The van der Waals surface area contributed by atoms with E-state index in [2.05, 4.69) is 55.9 Å². The Labute approximate surface area is 300 Å². The number of epoxide rings is 1. The fraction of sp³-hybridized carbons (Fsp3) is 0.326. The molecule has 3 aliphatic rings. The molecule has 6 rings (SSSR count). The Bertz CT molecular complexity index is 1880. The quantitative estimate of drug-likeness (QED) is 0.0571. The van der Waals surface area contributed by atoms with Crippen molar-refractivity contribution in [2.75, 3.05) is 18.1 Å². The highest BCUT2D eigenvalue weighted by Crippen LogP contribution is 2.42. The number of benzene rings is 3. The minimum absolute atomic E-state index is 0.125. The molecule has 1 aliphatic heterocycles. The third kappa shape index (κ3) is 7.76. The van der Waals surface area contributed by atoms with Crippen LogP contribution in [0.25, 0.3) is 5.57 Å². The number of Topliss-reactive ketones (excluding diaryl/α,β-unsaturated/α-hetero) is 1. The van der Waals surface area contributed by atoms with Crippen LogP contribution in [0.2, 0.25) is 0 Å². The molecule has 3 aromatic carbocycles. The summed E-state index contributed by atoms with van der Waals surface area (Å²) in [5.41, 5.74) is 5.17. The minimum Gasteiger partial charge on any atom is -0.874 e. The van der Waals surface area contributed by atoms with Crippen molar-refractivity contribution < 1.29 is 33.5 Å². The molecule has 1 heterocycles. The number of ketones is 1. The van der Waals surface area contributed by atoms with E-state index in [0.717, 1.165) is 48.0 Å². The average Bonchev–Trinajstić information content (AvgIpc) is 3.98. The van der Waals surface area contributed by atoms with Crippen LogP contribution in [-0.4, -0.2) is 53.4 Å². The lowest BCUT2D eigenvalue weighted by atomic mass is 9.71. The van der Waals surface area contributed by atoms with Crippen LogP contribution in [-0.2, 0) is 14.3 Å². The molecule has 8 heteroatoms. The van der Waals surface area contributed by atoms with Crippen LogP contribution in [0.5, 0.6) is 11.5 Å². The third-order valence-corrected chi connectivity index (χ3v) is 9.82. The van der Waals surface area contributed by atoms with Gasteiger partial charge in [0, 0.05) is 71.1 Å². The second kappa shape index (κ2) is 15.4. The Kier molecular flexibility index (Phi) is 10.7. The predicted octanol–water partition coefficient (Wildman–Crippen LogP) is 7.48. The monoisotopic (exact) mass is 686 g/mol. The molecule has 2 aliphatic carbocycles. The maximum Gasteiger partial charge on any atom is 0.338 e. The summed E-state index contributed by atoms with van der Waals surface area (Å²) in [4.78, 5) is 27.7. The molecule has 4 unspecified atom stereocenters. The van der Waals surface area contributed by atoms with E-state index in [0.29, 0.717) is 23.5 Å². The van der Waals surface area contributed by atoms with E-state index in [-0.39, 0.29) is 41.2 Å². The van der Waals surface area contributed by atoms with Crippen LogP contribution in [0.4, 0.5) is 17.1 Å². The molecule has 1 fully saturated rings. The molecular weight excluding hydrogens is 640 g/mol. The minimum atomic E-state index is -0.725. The van der Waals surface area contributed by atoms with E-state index >= 15 is 0 Å². The zero-order chi connectivity index (χ0) is 36.2. The van der Waals surface area contributed by atoms with Gasteiger partial charge in [-0.1, -0.05) is 44.7 Å². The highest BCUT2D eigenvalue weighted by atomic mass is 16.6. The highest BCUT2D eigenvalue weighted by molar-refractivity contribution is 6.29. The van der Waals surface area contributed by atoms with Crippen LogP contribution in [0.3, 0.4) is 0 Å². The zero-order valence-corrected chi connectivity index (χ0v) is 30.0. The van der Waals surface area contributed by atoms with Crippen LogP contribution >= 0.6 is 0 Å². The van der Waals surface area contributed by atoms with E-state index in [1.807, 2.05) is 72.8 Å². The Hall–Kier alpha value is -5.21. The lowest BCUT2D eigenvalue weighted by Gasteiger charge is -2.40. The first kappa shape index (κ1) is 35.6. The second-order valence-corrected chi connectivity index (χ2v) is 13.5. The largest absolute Gasteiger partial charge is 0.874 e. The van der Waals surface area contributed by atoms with E-state index in [9.17, 15) is 14.7 Å². The first-order valence-corrected chi connectivity index (χ1v) is 17.8. The van der Waals surface area contributed by atoms with Crippen LogP contribution in [0.1, 0.15) is 53.0 Å². The van der Waals surface area contributed by atoms with Crippen molar-refractivity contribution in [3.05, 3.63) is 121 Å². The van der Waals surface area contributed by atoms with Gasteiger partial charge >= 0.3 is 5.97 Å². The number of hydrogen-bond donors (Lipinski definition) is 0. The van der Waals surface area contributed by atoms with Crippen LogP contribution in [0.15, 0.2) is 115 Å². The fourth-order valence-electron chi connectivity index (χ4n) is 6.43. The lowest BCUT2D eigenvalue weighted by Crippen LogP contribution is -2.41. The molecule has 264 valence electrons. The number of rotatable bonds is 14. The number of carbonyl (C=O) groups is 2. The van der Waals surface area contributed by atoms with Crippen molar-refractivity contribution in [2.45, 2.75) is 65.6 Å². The van der Waals surface area contributed by atoms with Gasteiger partial charge in [0.2, 0.25) is 11.4 Å². The molecule has 4 atom stereocenters. The van der Waals surface area contributed by atoms with Crippen molar-refractivity contribution in [3.8, 4) is 11.5 Å². The van der Waals surface area contributed by atoms with Gasteiger partial charge in [-0.15, -0.1) is 5.76 Å². The SMILES string of the molecule is C=C(C)C(=O)Oc1ccc([N+](=C2C=CC(C3C(=O)C(c4ccc(N(c5ccc(OCC6CO6)cc5)C(C)CC)cc4)=C3[O-])C=C2)C(C)CC)cc1. The summed E-state index contributed by atoms with van der Waals surface area (Å²) >= 11 is 0. The van der Waals surface area contributed by atoms with E-state index in [1.165, 1.54) is 0 Å². The molecule has 0 radical (unpaired) electrons. The lowest BCUT2D eigenvalue weighted by molar-refractivity contribution is -0.479. The molecule has 0 amide bonds. The molecule has 1 saturated heterocycles. The molecule has 8 nitrogen and oxygen atoms in total. The number of nitrogens with zero attached hydrogens (tertiary/aromatic N) is 2. The average molecular weight is 687 g/mol. The van der Waals surface area contributed by atoms with Gasteiger partial charge in [0.15, 0.2) is 11.8 Å². The number of esters is 1. The summed E-state index contributed by atoms with van der Waals surface area (Å²) in [7, 11) is 0. The second-order valence-electron chi connectivity index (χ2n) is 13.5. The van der Waals surface area contributed by atoms with Crippen molar-refractivity contribution in [1.29, 1.82) is 0 Å². The molecule has 51 heavy (non-hydrogen) atoms. The first-order valence-electron chi connectivity index (χ1n) is 17.8. The van der Waals surface area contributed by atoms with Gasteiger partial charge in [0.1, 0.15) is 24.2 Å². The predicted molar refractivity (Wildman–Crippen MR) is 199 cm³/mol. The maximum atomic E-state index is 13.5. The van der Waals surface area contributed by atoms with E-state index in [1.54, 1.807) is 19.1 Å². The molecule has 0 bridgehead atoms. The maximum absolute atomic E-state index is 13.5. The van der Waals surface area contributed by atoms with Crippen molar-refractivity contribution >= 4 is 40.1 Å². The van der Waals surface area contributed by atoms with Gasteiger partial charge in [-0.25, -0.2) is 4.79 Å². The van der Waals surface area contributed by atoms with E-state index < -0.39 is 11.9 Å². The number of hydrogen-bond acceptors (Lipinski definition) is 7. The van der Waals surface area contributed by atoms with Crippen molar-refractivity contribution in [1.82, 2.24) is 0 Å². The smallest absolute Gasteiger partial charge is 0.338 e. The summed E-state index contributed by atoms with van der Waals surface area (Å²) in [6.45, 7) is 15.2. The Morgan fingerprint density at radius 1 is 0.941 bits per heavy atom. The number of anilines is 2. The fourth-order valence-corrected chi connectivity index (χ4v) is 6.43. The van der Waals surface area contributed by atoms with Gasteiger partial charge in [-0.2, -0.15) is 4.58 Å². The van der Waals surface area contributed by atoms with Crippen molar-refractivity contribution in [3.63, 3.8) is 0 Å². The molecule has 0 N–H and O–H groups in total. The third-order valence-electron chi connectivity index (χ3n) is 9.82. The van der Waals surface area contributed by atoms with Crippen LogP contribution < -0.4 is 19.5 Å². The summed E-state index contributed by atoms with van der Waals surface area (Å²) in [5, 5.41) is 13.5. The zero-order valence-electron chi connectivity index (χ0n) is 30.0. The van der Waals surface area contributed by atoms with Gasteiger partial charge in [0.25, 0.3) is 0 Å². The first-order chi connectivity index (χ1) is 24.6. The molecule has 3 aromatic rings. The normalized spacial score (nSPS) is 20.4. The summed E-state index contributed by atoms with van der Waals surface area (Å²) in [5.74, 6) is -0.500. The van der Waals surface area contributed by atoms with E-state index in [4.69, 9.17) is 14.2 Å². The van der Waals surface area contributed by atoms with Gasteiger partial charge < -0.3 is 24.2 Å².